The third kappa shape index (κ3) is 2.30. The summed E-state index contributed by atoms with van der Waals surface area (Å²) in [6.07, 6.45) is -7.76. The molecule has 0 spiro atoms. The minimum atomic E-state index is -4.92. The van der Waals surface area contributed by atoms with Crippen LogP contribution in [0.3, 0.4) is 0 Å². The molecule has 1 aromatic rings. The lowest BCUT2D eigenvalue weighted by atomic mass is 10.0. The van der Waals surface area contributed by atoms with E-state index in [4.69, 9.17) is 5.11 Å². The van der Waals surface area contributed by atoms with Crippen molar-refractivity contribution in [3.63, 3.8) is 0 Å². The molecule has 0 bridgehead atoms. The summed E-state index contributed by atoms with van der Waals surface area (Å²) < 4.78 is 36.9. The molecule has 1 atom stereocenters. The van der Waals surface area contributed by atoms with Crippen molar-refractivity contribution in [3.05, 3.63) is 39.4 Å². The van der Waals surface area contributed by atoms with Gasteiger partial charge in [-0.1, -0.05) is 12.1 Å². The number of nitro groups is 1. The number of hydrogen-bond acceptors (Lipinski definition) is 3. The number of aliphatic hydroxyl groups is 1. The minimum absolute atomic E-state index is 0.0269. The SMILES string of the molecule is Cc1cccc([N+](=O)[O-])c1C(O)C(F)(F)F. The van der Waals surface area contributed by atoms with Gasteiger partial charge in [0.1, 0.15) is 0 Å². The van der Waals surface area contributed by atoms with Gasteiger partial charge < -0.3 is 5.11 Å². The minimum Gasteiger partial charge on any atom is -0.379 e. The molecule has 1 N–H and O–H groups in total. The smallest absolute Gasteiger partial charge is 0.379 e. The van der Waals surface area contributed by atoms with Gasteiger partial charge in [0.25, 0.3) is 5.69 Å². The van der Waals surface area contributed by atoms with Crippen LogP contribution in [0.15, 0.2) is 18.2 Å². The fourth-order valence-electron chi connectivity index (χ4n) is 1.34. The monoisotopic (exact) mass is 235 g/mol. The largest absolute Gasteiger partial charge is 0.418 e. The summed E-state index contributed by atoms with van der Waals surface area (Å²) in [7, 11) is 0. The highest BCUT2D eigenvalue weighted by Gasteiger charge is 2.43. The fraction of sp³-hybridized carbons (Fsp3) is 0.333. The molecule has 0 amide bonds. The van der Waals surface area contributed by atoms with E-state index in [1.165, 1.54) is 19.1 Å². The molecule has 0 heterocycles. The molecular weight excluding hydrogens is 227 g/mol. The Morgan fingerprint density at radius 3 is 2.44 bits per heavy atom. The Balaban J connectivity index is 3.36. The summed E-state index contributed by atoms with van der Waals surface area (Å²) >= 11 is 0. The van der Waals surface area contributed by atoms with Crippen LogP contribution in [-0.2, 0) is 0 Å². The summed E-state index contributed by atoms with van der Waals surface area (Å²) in [4.78, 5) is 9.59. The van der Waals surface area contributed by atoms with Gasteiger partial charge in [0.15, 0.2) is 6.10 Å². The van der Waals surface area contributed by atoms with Crippen molar-refractivity contribution in [1.29, 1.82) is 0 Å². The second-order valence-corrected chi connectivity index (χ2v) is 3.21. The molecule has 0 aliphatic rings. The van der Waals surface area contributed by atoms with Crippen molar-refractivity contribution < 1.29 is 23.2 Å². The third-order valence-corrected chi connectivity index (χ3v) is 2.08. The number of aliphatic hydroxyl groups excluding tert-OH is 1. The molecule has 0 fully saturated rings. The van der Waals surface area contributed by atoms with E-state index >= 15 is 0 Å². The fourth-order valence-corrected chi connectivity index (χ4v) is 1.34. The topological polar surface area (TPSA) is 63.4 Å². The van der Waals surface area contributed by atoms with E-state index in [1.54, 1.807) is 0 Å². The Kier molecular flexibility index (Phi) is 3.18. The van der Waals surface area contributed by atoms with Crippen molar-refractivity contribution >= 4 is 5.69 Å². The predicted molar refractivity (Wildman–Crippen MR) is 48.8 cm³/mol. The predicted octanol–water partition coefficient (Wildman–Crippen LogP) is 2.50. The van der Waals surface area contributed by atoms with E-state index in [1.807, 2.05) is 0 Å². The van der Waals surface area contributed by atoms with Crippen molar-refractivity contribution in [2.75, 3.05) is 0 Å². The maximum Gasteiger partial charge on any atom is 0.418 e. The number of rotatable bonds is 2. The van der Waals surface area contributed by atoms with Crippen LogP contribution >= 0.6 is 0 Å². The van der Waals surface area contributed by atoms with Gasteiger partial charge in [-0.15, -0.1) is 0 Å². The van der Waals surface area contributed by atoms with Crippen LogP contribution in [0.2, 0.25) is 0 Å². The van der Waals surface area contributed by atoms with Crippen LogP contribution < -0.4 is 0 Å². The molecule has 0 aromatic heterocycles. The first-order valence-corrected chi connectivity index (χ1v) is 4.24. The Bertz CT molecular complexity index is 417. The number of hydrogen-bond donors (Lipinski definition) is 1. The zero-order valence-electron chi connectivity index (χ0n) is 8.15. The molecule has 1 rings (SSSR count). The van der Waals surface area contributed by atoms with Crippen LogP contribution in [0.4, 0.5) is 18.9 Å². The average molecular weight is 235 g/mol. The molecule has 0 saturated heterocycles. The van der Waals surface area contributed by atoms with Crippen LogP contribution in [0, 0.1) is 17.0 Å². The van der Waals surface area contributed by atoms with E-state index in [0.29, 0.717) is 0 Å². The quantitative estimate of drug-likeness (QED) is 0.632. The molecule has 0 aliphatic carbocycles. The first kappa shape index (κ1) is 12.4. The van der Waals surface area contributed by atoms with Crippen LogP contribution in [-0.4, -0.2) is 16.2 Å². The number of nitro benzene ring substituents is 1. The number of nitrogens with zero attached hydrogens (tertiary/aromatic N) is 1. The first-order valence-electron chi connectivity index (χ1n) is 4.24. The van der Waals surface area contributed by atoms with Crippen molar-refractivity contribution in [3.8, 4) is 0 Å². The molecule has 1 aromatic carbocycles. The molecule has 88 valence electrons. The standard InChI is InChI=1S/C9H8F3NO3/c1-5-3-2-4-6(13(15)16)7(5)8(14)9(10,11)12/h2-4,8,14H,1H3. The highest BCUT2D eigenvalue weighted by molar-refractivity contribution is 5.47. The Hall–Kier alpha value is -1.63. The normalized spacial score (nSPS) is 13.6. The Morgan fingerprint density at radius 2 is 2.00 bits per heavy atom. The summed E-state index contributed by atoms with van der Waals surface area (Å²) in [6, 6.07) is 3.47. The maximum atomic E-state index is 12.3. The second-order valence-electron chi connectivity index (χ2n) is 3.21. The lowest BCUT2D eigenvalue weighted by molar-refractivity contribution is -0.387. The molecule has 1 unspecified atom stereocenters. The summed E-state index contributed by atoms with van der Waals surface area (Å²) in [5, 5.41) is 19.6. The van der Waals surface area contributed by atoms with E-state index in [-0.39, 0.29) is 5.56 Å². The zero-order valence-corrected chi connectivity index (χ0v) is 8.15. The van der Waals surface area contributed by atoms with Crippen molar-refractivity contribution in [1.82, 2.24) is 0 Å². The maximum absolute atomic E-state index is 12.3. The second kappa shape index (κ2) is 4.09. The van der Waals surface area contributed by atoms with Gasteiger partial charge in [-0.2, -0.15) is 13.2 Å². The molecule has 0 saturated carbocycles. The first-order chi connectivity index (χ1) is 7.25. The van der Waals surface area contributed by atoms with E-state index in [2.05, 4.69) is 0 Å². The number of benzene rings is 1. The van der Waals surface area contributed by atoms with Gasteiger partial charge in [0, 0.05) is 6.07 Å². The number of halogens is 3. The molecule has 16 heavy (non-hydrogen) atoms. The highest BCUT2D eigenvalue weighted by atomic mass is 19.4. The molecular formula is C9H8F3NO3. The average Bonchev–Trinajstić information content (AvgIpc) is 2.14. The highest BCUT2D eigenvalue weighted by Crippen LogP contribution is 2.38. The van der Waals surface area contributed by atoms with Crippen LogP contribution in [0.5, 0.6) is 0 Å². The summed E-state index contributed by atoms with van der Waals surface area (Å²) in [5.41, 5.74) is -1.41. The molecule has 4 nitrogen and oxygen atoms in total. The molecule has 7 heteroatoms. The van der Waals surface area contributed by atoms with Gasteiger partial charge in [-0.25, -0.2) is 0 Å². The summed E-state index contributed by atoms with van der Waals surface area (Å²) in [5.74, 6) is 0. The van der Waals surface area contributed by atoms with Crippen molar-refractivity contribution in [2.45, 2.75) is 19.2 Å². The molecule has 0 radical (unpaired) electrons. The van der Waals surface area contributed by atoms with Crippen LogP contribution in [0.25, 0.3) is 0 Å². The number of aryl methyl sites for hydroxylation is 1. The Morgan fingerprint density at radius 1 is 1.44 bits per heavy atom. The van der Waals surface area contributed by atoms with Crippen molar-refractivity contribution in [2.24, 2.45) is 0 Å². The van der Waals surface area contributed by atoms with Gasteiger partial charge in [-0.05, 0) is 12.5 Å². The lowest BCUT2D eigenvalue weighted by Crippen LogP contribution is -2.22. The van der Waals surface area contributed by atoms with E-state index in [0.717, 1.165) is 6.07 Å². The third-order valence-electron chi connectivity index (χ3n) is 2.08. The van der Waals surface area contributed by atoms with Gasteiger partial charge >= 0.3 is 6.18 Å². The molecule has 0 aliphatic heterocycles. The summed E-state index contributed by atoms with van der Waals surface area (Å²) in [6.45, 7) is 1.28. The zero-order chi connectivity index (χ0) is 12.5. The number of alkyl halides is 3. The lowest BCUT2D eigenvalue weighted by Gasteiger charge is -2.16. The van der Waals surface area contributed by atoms with E-state index in [9.17, 15) is 23.3 Å². The van der Waals surface area contributed by atoms with Gasteiger partial charge in [0.05, 0.1) is 10.5 Å². The van der Waals surface area contributed by atoms with E-state index < -0.39 is 28.5 Å². The van der Waals surface area contributed by atoms with Gasteiger partial charge in [0.2, 0.25) is 0 Å². The van der Waals surface area contributed by atoms with Crippen LogP contribution in [0.1, 0.15) is 17.2 Å². The van der Waals surface area contributed by atoms with Gasteiger partial charge in [-0.3, -0.25) is 10.1 Å². The Labute approximate surface area is 88.5 Å².